The topological polar surface area (TPSA) is 60.5 Å². The summed E-state index contributed by atoms with van der Waals surface area (Å²) >= 11 is 0. The molecule has 0 radical (unpaired) electrons. The molecule has 214 valence electrons. The van der Waals surface area contributed by atoms with Gasteiger partial charge < -0.3 is 9.15 Å². The molecule has 4 aromatic rings. The van der Waals surface area contributed by atoms with Crippen molar-refractivity contribution in [1.29, 1.82) is 0 Å². The molecule has 0 unspecified atom stereocenters. The van der Waals surface area contributed by atoms with Crippen LogP contribution in [0.25, 0.3) is 28.3 Å². The Bertz CT molecular complexity index is 1610. The summed E-state index contributed by atoms with van der Waals surface area (Å²) in [7, 11) is 0. The van der Waals surface area contributed by atoms with Gasteiger partial charge in [0.2, 0.25) is 0 Å². The monoisotopic (exact) mass is 563 g/mol. The van der Waals surface area contributed by atoms with Gasteiger partial charge in [-0.2, -0.15) is 0 Å². The molecule has 2 fully saturated rings. The molecular formula is C32H32F3N3O3. The number of hydrogen-bond acceptors (Lipinski definition) is 5. The van der Waals surface area contributed by atoms with Crippen molar-refractivity contribution in [2.75, 3.05) is 26.3 Å². The predicted octanol–water partition coefficient (Wildman–Crippen LogP) is 6.55. The van der Waals surface area contributed by atoms with Gasteiger partial charge in [-0.3, -0.25) is 14.3 Å². The van der Waals surface area contributed by atoms with Gasteiger partial charge >= 0.3 is 0 Å². The molecule has 0 amide bonds. The number of nitrogens with zero attached hydrogens (tertiary/aromatic N) is 3. The van der Waals surface area contributed by atoms with Gasteiger partial charge in [-0.15, -0.1) is 0 Å². The summed E-state index contributed by atoms with van der Waals surface area (Å²) in [6.45, 7) is 6.88. The summed E-state index contributed by atoms with van der Waals surface area (Å²) in [5.74, 6) is -1.09. The second kappa shape index (κ2) is 11.3. The van der Waals surface area contributed by atoms with Crippen molar-refractivity contribution in [3.05, 3.63) is 93.5 Å². The number of pyridine rings is 1. The minimum absolute atomic E-state index is 0.0517. The number of morpholine rings is 1. The van der Waals surface area contributed by atoms with E-state index in [4.69, 9.17) is 14.1 Å². The van der Waals surface area contributed by atoms with Crippen LogP contribution < -0.4 is 5.56 Å². The van der Waals surface area contributed by atoms with Crippen LogP contribution in [0.5, 0.6) is 0 Å². The quantitative estimate of drug-likeness (QED) is 0.276. The van der Waals surface area contributed by atoms with E-state index in [2.05, 4.69) is 4.90 Å². The summed E-state index contributed by atoms with van der Waals surface area (Å²) in [4.78, 5) is 20.3. The lowest BCUT2D eigenvalue weighted by Crippen LogP contribution is -2.44. The first-order valence-electron chi connectivity index (χ1n) is 14.1. The molecule has 1 aliphatic carbocycles. The fourth-order valence-corrected chi connectivity index (χ4v) is 6.28. The molecule has 1 aliphatic heterocycles. The summed E-state index contributed by atoms with van der Waals surface area (Å²) in [6, 6.07) is 9.62. The smallest absolute Gasteiger partial charge is 0.255 e. The van der Waals surface area contributed by atoms with E-state index in [0.29, 0.717) is 40.0 Å². The molecule has 0 spiro atoms. The third-order valence-corrected chi connectivity index (χ3v) is 8.31. The highest BCUT2D eigenvalue weighted by molar-refractivity contribution is 5.77. The van der Waals surface area contributed by atoms with Crippen LogP contribution in [0.4, 0.5) is 13.2 Å². The predicted molar refractivity (Wildman–Crippen MR) is 150 cm³/mol. The first-order chi connectivity index (χ1) is 19.8. The van der Waals surface area contributed by atoms with Crippen molar-refractivity contribution < 1.29 is 22.3 Å². The van der Waals surface area contributed by atoms with Gasteiger partial charge in [0.05, 0.1) is 24.5 Å². The molecule has 3 heterocycles. The van der Waals surface area contributed by atoms with Crippen LogP contribution in [0.1, 0.15) is 48.6 Å². The molecule has 6 rings (SSSR count). The van der Waals surface area contributed by atoms with E-state index in [9.17, 15) is 13.6 Å². The van der Waals surface area contributed by atoms with Gasteiger partial charge in [0, 0.05) is 48.9 Å². The molecule has 1 saturated heterocycles. The molecule has 1 saturated carbocycles. The molecule has 41 heavy (non-hydrogen) atoms. The number of aromatic nitrogens is 2. The maximum absolute atomic E-state index is 15.1. The minimum Gasteiger partial charge on any atom is -0.440 e. The highest BCUT2D eigenvalue weighted by atomic mass is 19.1. The van der Waals surface area contributed by atoms with Crippen LogP contribution in [-0.2, 0) is 4.74 Å². The second-order valence-electron chi connectivity index (χ2n) is 11.0. The Hall–Kier alpha value is -3.69. The SMILES string of the molecule is Cc1cc(F)cc(C)c1-n1cc(-c2nc(C3CCC(N4CCOCC4)CC3)oc2-c2ccc(F)cc2F)ccc1=O. The first-order valence-corrected chi connectivity index (χ1v) is 14.1. The Labute approximate surface area is 236 Å². The van der Waals surface area contributed by atoms with Crippen molar-refractivity contribution in [3.63, 3.8) is 0 Å². The standard InChI is InChI=1S/C32H32F3N3O3/c1-19-15-24(34)16-20(2)30(19)38-18-22(5-10-28(38)39)29-31(26-9-6-23(33)17-27(26)35)41-32(36-29)21-3-7-25(8-4-21)37-11-13-40-14-12-37/h5-6,9-10,15-18,21,25H,3-4,7-8,11-14H2,1-2H3. The van der Waals surface area contributed by atoms with E-state index in [1.807, 2.05) is 0 Å². The van der Waals surface area contributed by atoms with Gasteiger partial charge in [-0.1, -0.05) is 0 Å². The van der Waals surface area contributed by atoms with Crippen molar-refractivity contribution >= 4 is 0 Å². The zero-order valence-electron chi connectivity index (χ0n) is 23.1. The average molecular weight is 564 g/mol. The van der Waals surface area contributed by atoms with Gasteiger partial charge in [0.25, 0.3) is 5.56 Å². The number of rotatable bonds is 5. The van der Waals surface area contributed by atoms with E-state index in [1.54, 1.807) is 26.1 Å². The van der Waals surface area contributed by atoms with Gasteiger partial charge in [-0.25, -0.2) is 18.2 Å². The number of ether oxygens (including phenoxy) is 1. The van der Waals surface area contributed by atoms with Gasteiger partial charge in [0.15, 0.2) is 11.7 Å². The first kappa shape index (κ1) is 27.5. The Kier molecular flexibility index (Phi) is 7.57. The Balaban J connectivity index is 1.40. The minimum atomic E-state index is -0.761. The third-order valence-electron chi connectivity index (χ3n) is 8.31. The Morgan fingerprint density at radius 1 is 0.878 bits per heavy atom. The van der Waals surface area contributed by atoms with E-state index in [0.717, 1.165) is 58.1 Å². The van der Waals surface area contributed by atoms with E-state index >= 15 is 4.39 Å². The van der Waals surface area contributed by atoms with Crippen LogP contribution in [0.2, 0.25) is 0 Å². The molecule has 0 N–H and O–H groups in total. The summed E-state index contributed by atoms with van der Waals surface area (Å²) in [6.07, 6.45) is 5.37. The fraction of sp³-hybridized carbons (Fsp3) is 0.375. The summed E-state index contributed by atoms with van der Waals surface area (Å²) < 4.78 is 56.1. The lowest BCUT2D eigenvalue weighted by Gasteiger charge is -2.38. The number of halogens is 3. The Morgan fingerprint density at radius 2 is 1.59 bits per heavy atom. The fourth-order valence-electron chi connectivity index (χ4n) is 6.28. The number of aryl methyl sites for hydroxylation is 2. The maximum atomic E-state index is 15.1. The highest BCUT2D eigenvalue weighted by Crippen LogP contribution is 2.41. The van der Waals surface area contributed by atoms with Gasteiger partial charge in [0.1, 0.15) is 23.1 Å². The van der Waals surface area contributed by atoms with E-state index in [-0.39, 0.29) is 28.6 Å². The Morgan fingerprint density at radius 3 is 2.27 bits per heavy atom. The zero-order valence-corrected chi connectivity index (χ0v) is 23.1. The van der Waals surface area contributed by atoms with Crippen LogP contribution in [-0.4, -0.2) is 46.8 Å². The van der Waals surface area contributed by atoms with Crippen molar-refractivity contribution in [3.8, 4) is 28.3 Å². The van der Waals surface area contributed by atoms with Crippen LogP contribution in [0, 0.1) is 31.3 Å². The molecule has 2 aromatic carbocycles. The zero-order chi connectivity index (χ0) is 28.7. The van der Waals surface area contributed by atoms with Gasteiger partial charge in [-0.05, 0) is 81.0 Å². The average Bonchev–Trinajstić information content (AvgIpc) is 3.39. The lowest BCUT2D eigenvalue weighted by molar-refractivity contribution is 0.00673. The molecule has 9 heteroatoms. The largest absolute Gasteiger partial charge is 0.440 e. The maximum Gasteiger partial charge on any atom is 0.255 e. The van der Waals surface area contributed by atoms with E-state index < -0.39 is 11.6 Å². The lowest BCUT2D eigenvalue weighted by atomic mass is 9.85. The van der Waals surface area contributed by atoms with E-state index in [1.165, 1.54) is 34.9 Å². The van der Waals surface area contributed by atoms with Crippen molar-refractivity contribution in [1.82, 2.24) is 14.5 Å². The van der Waals surface area contributed by atoms with Crippen molar-refractivity contribution in [2.24, 2.45) is 0 Å². The summed E-state index contributed by atoms with van der Waals surface area (Å²) in [5, 5.41) is 0. The van der Waals surface area contributed by atoms with Crippen LogP contribution in [0.15, 0.2) is 57.9 Å². The molecule has 2 aliphatic rings. The molecule has 0 bridgehead atoms. The molecule has 6 nitrogen and oxygen atoms in total. The highest BCUT2D eigenvalue weighted by Gasteiger charge is 2.31. The second-order valence-corrected chi connectivity index (χ2v) is 11.0. The number of oxazole rings is 1. The summed E-state index contributed by atoms with van der Waals surface area (Å²) in [5.41, 5.74) is 2.46. The van der Waals surface area contributed by atoms with Crippen LogP contribution >= 0.6 is 0 Å². The third kappa shape index (κ3) is 5.48. The molecule has 0 atom stereocenters. The molecular weight excluding hydrogens is 531 g/mol. The van der Waals surface area contributed by atoms with Crippen LogP contribution in [0.3, 0.4) is 0 Å². The number of benzene rings is 2. The number of hydrogen-bond donors (Lipinski definition) is 0. The molecule has 2 aromatic heterocycles. The normalized spacial score (nSPS) is 19.9. The van der Waals surface area contributed by atoms with Crippen molar-refractivity contribution in [2.45, 2.75) is 51.5 Å².